The van der Waals surface area contributed by atoms with Crippen LogP contribution >= 0.6 is 0 Å². The third kappa shape index (κ3) is 3.39. The Balaban J connectivity index is 1.56. The predicted molar refractivity (Wildman–Crippen MR) is 95.3 cm³/mol. The molecule has 2 aromatic rings. The lowest BCUT2D eigenvalue weighted by Crippen LogP contribution is -2.44. The van der Waals surface area contributed by atoms with Gasteiger partial charge >= 0.3 is 0 Å². The second kappa shape index (κ2) is 6.72. The summed E-state index contributed by atoms with van der Waals surface area (Å²) in [6.45, 7) is 1.92. The first-order valence-electron chi connectivity index (χ1n) is 8.76. The molecule has 25 heavy (non-hydrogen) atoms. The minimum atomic E-state index is -3.66. The average molecular weight is 358 g/mol. The smallest absolute Gasteiger partial charge is 0.241 e. The molecule has 2 aromatic heterocycles. The molecule has 2 fully saturated rings. The molecule has 0 saturated carbocycles. The topological polar surface area (TPSA) is 75.2 Å². The molecule has 2 bridgehead atoms. The number of pyridine rings is 2. The molecule has 0 radical (unpaired) electrons. The van der Waals surface area contributed by atoms with Crippen LogP contribution in [-0.4, -0.2) is 43.6 Å². The quantitative estimate of drug-likeness (QED) is 0.905. The summed E-state index contributed by atoms with van der Waals surface area (Å²) in [4.78, 5) is 10.5. The lowest BCUT2D eigenvalue weighted by molar-refractivity contribution is 0.336. The Kier molecular flexibility index (Phi) is 4.43. The van der Waals surface area contributed by atoms with Crippen molar-refractivity contribution in [2.24, 2.45) is 0 Å². The van der Waals surface area contributed by atoms with Crippen molar-refractivity contribution in [2.75, 3.05) is 18.0 Å². The summed E-state index contributed by atoms with van der Waals surface area (Å²) in [5.74, 6) is 0. The second-order valence-corrected chi connectivity index (χ2v) is 8.60. The number of nitrogens with zero attached hydrogens (tertiary/aromatic N) is 3. The zero-order valence-electron chi connectivity index (χ0n) is 14.0. The highest BCUT2D eigenvalue weighted by Crippen LogP contribution is 2.25. The minimum absolute atomic E-state index is 0.0306. The van der Waals surface area contributed by atoms with Gasteiger partial charge in [0.05, 0.1) is 11.9 Å². The average Bonchev–Trinajstić information content (AvgIpc) is 2.80. The normalized spacial score (nSPS) is 23.9. The van der Waals surface area contributed by atoms with E-state index in [1.165, 1.54) is 31.5 Å². The fourth-order valence-electron chi connectivity index (χ4n) is 3.72. The van der Waals surface area contributed by atoms with E-state index in [9.17, 15) is 8.42 Å². The van der Waals surface area contributed by atoms with Gasteiger partial charge in [0.15, 0.2) is 10.1 Å². The van der Waals surface area contributed by atoms with Crippen LogP contribution in [0.4, 0.5) is 5.69 Å². The van der Waals surface area contributed by atoms with Crippen molar-refractivity contribution in [3.05, 3.63) is 42.7 Å². The number of piperidine rings is 1. The molecule has 0 aliphatic carbocycles. The molecule has 2 atom stereocenters. The van der Waals surface area contributed by atoms with Crippen LogP contribution in [0.25, 0.3) is 0 Å². The maximum Gasteiger partial charge on any atom is 0.241 e. The van der Waals surface area contributed by atoms with Gasteiger partial charge in [0.25, 0.3) is 0 Å². The van der Waals surface area contributed by atoms with E-state index in [0.29, 0.717) is 12.1 Å². The van der Waals surface area contributed by atoms with Crippen molar-refractivity contribution >= 4 is 15.5 Å². The molecule has 0 amide bonds. The van der Waals surface area contributed by atoms with Gasteiger partial charge in [-0.15, -0.1) is 0 Å². The summed E-state index contributed by atoms with van der Waals surface area (Å²) in [6, 6.07) is 9.42. The van der Waals surface area contributed by atoms with Crippen molar-refractivity contribution in [2.45, 2.75) is 47.8 Å². The van der Waals surface area contributed by atoms with Gasteiger partial charge in [-0.25, -0.2) is 18.4 Å². The van der Waals surface area contributed by atoms with E-state index in [-0.39, 0.29) is 10.1 Å². The van der Waals surface area contributed by atoms with Crippen LogP contribution in [0.1, 0.15) is 25.7 Å². The maximum atomic E-state index is 12.6. The van der Waals surface area contributed by atoms with E-state index in [0.717, 1.165) is 25.2 Å². The van der Waals surface area contributed by atoms with Gasteiger partial charge in [-0.3, -0.25) is 0 Å². The van der Waals surface area contributed by atoms with Gasteiger partial charge in [0, 0.05) is 31.4 Å². The second-order valence-electron chi connectivity index (χ2n) is 6.75. The molecule has 6 nitrogen and oxygen atoms in total. The molecular formula is C18H22N4O2S. The number of aromatic nitrogens is 2. The van der Waals surface area contributed by atoms with Crippen molar-refractivity contribution in [3.63, 3.8) is 0 Å². The SMILES string of the molecule is O=S(=O)(c1ccccn1)c1ccc(N2CCC3CCCC(C2)N3)cn1. The number of rotatable bonds is 3. The largest absolute Gasteiger partial charge is 0.369 e. The van der Waals surface area contributed by atoms with Crippen molar-refractivity contribution < 1.29 is 8.42 Å². The molecular weight excluding hydrogens is 336 g/mol. The van der Waals surface area contributed by atoms with Crippen molar-refractivity contribution in [1.29, 1.82) is 0 Å². The molecule has 2 saturated heterocycles. The van der Waals surface area contributed by atoms with E-state index in [1.54, 1.807) is 24.4 Å². The number of fused-ring (bicyclic) bond motifs is 2. The highest BCUT2D eigenvalue weighted by molar-refractivity contribution is 7.91. The minimum Gasteiger partial charge on any atom is -0.369 e. The van der Waals surface area contributed by atoms with Crippen LogP contribution < -0.4 is 10.2 Å². The van der Waals surface area contributed by atoms with Crippen LogP contribution in [0.15, 0.2) is 52.8 Å². The third-order valence-electron chi connectivity index (χ3n) is 5.04. The summed E-state index contributed by atoms with van der Waals surface area (Å²) < 4.78 is 25.2. The Morgan fingerprint density at radius 3 is 2.60 bits per heavy atom. The molecule has 7 heteroatoms. The summed E-state index contributed by atoms with van der Waals surface area (Å²) in [5, 5.41) is 3.78. The Morgan fingerprint density at radius 2 is 1.84 bits per heavy atom. The lowest BCUT2D eigenvalue weighted by Gasteiger charge is -2.29. The van der Waals surface area contributed by atoms with Gasteiger partial charge in [-0.05, 0) is 43.5 Å². The molecule has 0 aromatic carbocycles. The zero-order chi connectivity index (χ0) is 17.3. The first kappa shape index (κ1) is 16.5. The van der Waals surface area contributed by atoms with E-state index in [4.69, 9.17) is 0 Å². The number of hydrogen-bond donors (Lipinski definition) is 1. The molecule has 2 aliphatic heterocycles. The summed E-state index contributed by atoms with van der Waals surface area (Å²) in [6.07, 6.45) is 8.01. The van der Waals surface area contributed by atoms with Crippen LogP contribution in [0, 0.1) is 0 Å². The Morgan fingerprint density at radius 1 is 1.00 bits per heavy atom. The number of anilines is 1. The Hall–Kier alpha value is -1.99. The standard InChI is InChI=1S/C18H22N4O2S/c23-25(24,17-6-1-2-10-19-17)18-8-7-16(12-20-18)22-11-9-14-4-3-5-15(13-22)21-14/h1-2,6-8,10,12,14-15,21H,3-5,9,11,13H2. The Bertz CT molecular complexity index is 824. The third-order valence-corrected chi connectivity index (χ3v) is 6.62. The molecule has 2 unspecified atom stereocenters. The highest BCUT2D eigenvalue weighted by Gasteiger charge is 2.27. The van der Waals surface area contributed by atoms with Crippen LogP contribution in [-0.2, 0) is 9.84 Å². The summed E-state index contributed by atoms with van der Waals surface area (Å²) in [7, 11) is -3.66. The summed E-state index contributed by atoms with van der Waals surface area (Å²) >= 11 is 0. The number of hydrogen-bond acceptors (Lipinski definition) is 6. The summed E-state index contributed by atoms with van der Waals surface area (Å²) in [5.41, 5.74) is 0.981. The first-order valence-corrected chi connectivity index (χ1v) is 10.2. The molecule has 0 spiro atoms. The van der Waals surface area contributed by atoms with E-state index in [2.05, 4.69) is 20.2 Å². The fraction of sp³-hybridized carbons (Fsp3) is 0.444. The number of sulfone groups is 1. The number of nitrogens with one attached hydrogen (secondary N) is 1. The first-order chi connectivity index (χ1) is 12.1. The van der Waals surface area contributed by atoms with Crippen LogP contribution in [0.3, 0.4) is 0 Å². The van der Waals surface area contributed by atoms with Gasteiger partial charge in [0.1, 0.15) is 0 Å². The zero-order valence-corrected chi connectivity index (χ0v) is 14.8. The van der Waals surface area contributed by atoms with Gasteiger partial charge < -0.3 is 10.2 Å². The van der Waals surface area contributed by atoms with Gasteiger partial charge in [-0.2, -0.15) is 0 Å². The van der Waals surface area contributed by atoms with Crippen molar-refractivity contribution in [3.8, 4) is 0 Å². The molecule has 4 heterocycles. The van der Waals surface area contributed by atoms with E-state index < -0.39 is 9.84 Å². The highest BCUT2D eigenvalue weighted by atomic mass is 32.2. The van der Waals surface area contributed by atoms with Crippen LogP contribution in [0.5, 0.6) is 0 Å². The molecule has 132 valence electrons. The van der Waals surface area contributed by atoms with Crippen LogP contribution in [0.2, 0.25) is 0 Å². The van der Waals surface area contributed by atoms with Gasteiger partial charge in [-0.1, -0.05) is 12.5 Å². The maximum absolute atomic E-state index is 12.6. The lowest BCUT2D eigenvalue weighted by atomic mass is 9.98. The monoisotopic (exact) mass is 358 g/mol. The molecule has 4 rings (SSSR count). The fourth-order valence-corrected chi connectivity index (χ4v) is 4.83. The van der Waals surface area contributed by atoms with E-state index >= 15 is 0 Å². The Labute approximate surface area is 148 Å². The molecule has 2 aliphatic rings. The van der Waals surface area contributed by atoms with E-state index in [1.807, 2.05) is 6.07 Å². The predicted octanol–water partition coefficient (Wildman–Crippen LogP) is 2.03. The molecule has 1 N–H and O–H groups in total. The van der Waals surface area contributed by atoms with Gasteiger partial charge in [0.2, 0.25) is 9.84 Å². The van der Waals surface area contributed by atoms with Crippen molar-refractivity contribution in [1.82, 2.24) is 15.3 Å².